The van der Waals surface area contributed by atoms with E-state index in [-0.39, 0.29) is 12.3 Å². The standard InChI is InChI=1S/C24H32N8O/c1-16-14-17(25)9-12-30(16)20-15-27-22-23(28-20)32(21-8-2-3-13-33-21)29-24(22)31-11-5-6-18-19(31)7-4-10-26-18/h4,7,10,15-17,21H,2-3,5-6,8-9,11-14,25H2,1H3/t16-,17+,21?/m1/s1. The highest BCUT2D eigenvalue weighted by Crippen LogP contribution is 2.37. The molecular weight excluding hydrogens is 416 g/mol. The van der Waals surface area contributed by atoms with Crippen molar-refractivity contribution in [2.24, 2.45) is 5.73 Å². The molecule has 0 aliphatic carbocycles. The minimum absolute atomic E-state index is 0.107. The molecule has 2 saturated heterocycles. The molecule has 0 spiro atoms. The van der Waals surface area contributed by atoms with E-state index in [4.69, 9.17) is 25.5 Å². The Morgan fingerprint density at radius 2 is 2.06 bits per heavy atom. The first kappa shape index (κ1) is 20.8. The lowest BCUT2D eigenvalue weighted by Gasteiger charge is -2.37. The maximum Gasteiger partial charge on any atom is 0.183 e. The molecule has 0 amide bonds. The quantitative estimate of drug-likeness (QED) is 0.652. The van der Waals surface area contributed by atoms with E-state index in [1.54, 1.807) is 0 Å². The van der Waals surface area contributed by atoms with Gasteiger partial charge in [0.2, 0.25) is 0 Å². The van der Waals surface area contributed by atoms with Crippen LogP contribution in [0.5, 0.6) is 0 Å². The Kier molecular flexibility index (Phi) is 5.38. The average Bonchev–Trinajstić information content (AvgIpc) is 3.23. The van der Waals surface area contributed by atoms with Gasteiger partial charge in [-0.1, -0.05) is 0 Å². The Hall–Kier alpha value is -2.78. The van der Waals surface area contributed by atoms with Crippen molar-refractivity contribution < 1.29 is 4.74 Å². The zero-order chi connectivity index (χ0) is 22.4. The van der Waals surface area contributed by atoms with Crippen molar-refractivity contribution in [3.8, 4) is 0 Å². The van der Waals surface area contributed by atoms with Crippen LogP contribution in [0.3, 0.4) is 0 Å². The minimum atomic E-state index is -0.107. The fourth-order valence-electron chi connectivity index (χ4n) is 5.48. The van der Waals surface area contributed by atoms with Gasteiger partial charge in [-0.3, -0.25) is 4.98 Å². The molecule has 9 nitrogen and oxygen atoms in total. The fraction of sp³-hybridized carbons (Fsp3) is 0.583. The van der Waals surface area contributed by atoms with E-state index in [0.29, 0.717) is 6.04 Å². The summed E-state index contributed by atoms with van der Waals surface area (Å²) in [6, 6.07) is 4.72. The second kappa shape index (κ2) is 8.53. The third kappa shape index (κ3) is 3.73. The Morgan fingerprint density at radius 3 is 2.91 bits per heavy atom. The van der Waals surface area contributed by atoms with Crippen molar-refractivity contribution in [1.82, 2.24) is 24.7 Å². The summed E-state index contributed by atoms with van der Waals surface area (Å²) in [6.45, 7) is 4.76. The summed E-state index contributed by atoms with van der Waals surface area (Å²) in [7, 11) is 0. The molecule has 0 aromatic carbocycles. The van der Waals surface area contributed by atoms with E-state index < -0.39 is 0 Å². The molecule has 2 N–H and O–H groups in total. The SMILES string of the molecule is C[C@@H]1C[C@@H](N)CCN1c1cnc2c(N3CCCc4ncccc43)nn(C3CCCCO3)c2n1. The van der Waals surface area contributed by atoms with Gasteiger partial charge in [-0.05, 0) is 64.0 Å². The maximum atomic E-state index is 6.20. The lowest BCUT2D eigenvalue weighted by atomic mass is 9.99. The highest BCUT2D eigenvalue weighted by atomic mass is 16.5. The van der Waals surface area contributed by atoms with Crippen LogP contribution in [-0.2, 0) is 11.2 Å². The van der Waals surface area contributed by atoms with Crippen LogP contribution < -0.4 is 15.5 Å². The number of aryl methyl sites for hydroxylation is 1. The summed E-state index contributed by atoms with van der Waals surface area (Å²) in [5.41, 5.74) is 10.1. The minimum Gasteiger partial charge on any atom is -0.356 e. The van der Waals surface area contributed by atoms with E-state index in [2.05, 4.69) is 27.8 Å². The molecule has 0 radical (unpaired) electrons. The summed E-state index contributed by atoms with van der Waals surface area (Å²) in [5, 5.41) is 5.08. The third-order valence-electron chi connectivity index (χ3n) is 7.22. The Morgan fingerprint density at radius 1 is 1.12 bits per heavy atom. The zero-order valence-corrected chi connectivity index (χ0v) is 19.2. The van der Waals surface area contributed by atoms with Crippen molar-refractivity contribution in [2.45, 2.75) is 70.2 Å². The average molecular weight is 449 g/mol. The van der Waals surface area contributed by atoms with Crippen LogP contribution >= 0.6 is 0 Å². The highest BCUT2D eigenvalue weighted by Gasteiger charge is 2.30. The number of fused-ring (bicyclic) bond motifs is 2. The molecular formula is C24H32N8O. The second-order valence-corrected chi connectivity index (χ2v) is 9.54. The van der Waals surface area contributed by atoms with E-state index in [1.165, 1.54) is 0 Å². The fourth-order valence-corrected chi connectivity index (χ4v) is 5.48. The summed E-state index contributed by atoms with van der Waals surface area (Å²) < 4.78 is 8.11. The molecule has 3 aliphatic rings. The molecule has 6 rings (SSSR count). The number of nitrogens with two attached hydrogens (primary N) is 1. The maximum absolute atomic E-state index is 6.20. The molecule has 3 aromatic heterocycles. The molecule has 3 aliphatic heterocycles. The van der Waals surface area contributed by atoms with Gasteiger partial charge in [-0.2, -0.15) is 0 Å². The molecule has 6 heterocycles. The monoisotopic (exact) mass is 448 g/mol. The lowest BCUT2D eigenvalue weighted by Crippen LogP contribution is -2.46. The van der Waals surface area contributed by atoms with Gasteiger partial charge in [0.15, 0.2) is 23.2 Å². The first-order chi connectivity index (χ1) is 16.2. The molecule has 33 heavy (non-hydrogen) atoms. The van der Waals surface area contributed by atoms with Crippen LogP contribution in [0.1, 0.15) is 57.4 Å². The van der Waals surface area contributed by atoms with Crippen LogP contribution in [0.25, 0.3) is 11.2 Å². The number of anilines is 3. The Bertz CT molecular complexity index is 1140. The number of rotatable bonds is 3. The predicted octanol–water partition coefficient (Wildman–Crippen LogP) is 3.32. The summed E-state index contributed by atoms with van der Waals surface area (Å²) >= 11 is 0. The molecule has 3 atom stereocenters. The molecule has 1 unspecified atom stereocenters. The van der Waals surface area contributed by atoms with Gasteiger partial charge in [0.1, 0.15) is 5.82 Å². The summed E-state index contributed by atoms with van der Waals surface area (Å²) in [6.07, 6.45) is 10.8. The van der Waals surface area contributed by atoms with Gasteiger partial charge in [0.25, 0.3) is 0 Å². The first-order valence-corrected chi connectivity index (χ1v) is 12.3. The molecule has 0 saturated carbocycles. The van der Waals surface area contributed by atoms with E-state index in [9.17, 15) is 0 Å². The zero-order valence-electron chi connectivity index (χ0n) is 19.2. The number of hydrogen-bond acceptors (Lipinski definition) is 8. The van der Waals surface area contributed by atoms with E-state index in [1.807, 2.05) is 23.1 Å². The van der Waals surface area contributed by atoms with Gasteiger partial charge >= 0.3 is 0 Å². The van der Waals surface area contributed by atoms with Gasteiger partial charge in [-0.25, -0.2) is 14.6 Å². The Balaban J connectivity index is 1.46. The Labute approximate surface area is 194 Å². The van der Waals surface area contributed by atoms with Crippen molar-refractivity contribution in [3.63, 3.8) is 0 Å². The molecule has 3 aromatic rings. The largest absolute Gasteiger partial charge is 0.356 e. The van der Waals surface area contributed by atoms with Crippen molar-refractivity contribution in [3.05, 3.63) is 30.2 Å². The third-order valence-corrected chi connectivity index (χ3v) is 7.22. The normalized spacial score (nSPS) is 25.9. The van der Waals surface area contributed by atoms with Gasteiger partial charge < -0.3 is 20.3 Å². The van der Waals surface area contributed by atoms with Crippen molar-refractivity contribution in [2.75, 3.05) is 29.5 Å². The second-order valence-electron chi connectivity index (χ2n) is 9.54. The number of ether oxygens (including phenoxy) is 1. The lowest BCUT2D eigenvalue weighted by molar-refractivity contribution is -0.0368. The topological polar surface area (TPSA) is 98.2 Å². The number of piperidine rings is 1. The number of pyridine rings is 1. The van der Waals surface area contributed by atoms with Crippen LogP contribution in [0.15, 0.2) is 24.5 Å². The smallest absolute Gasteiger partial charge is 0.183 e. The number of hydrogen-bond donors (Lipinski definition) is 1. The first-order valence-electron chi connectivity index (χ1n) is 12.3. The van der Waals surface area contributed by atoms with Gasteiger partial charge in [-0.15, -0.1) is 5.10 Å². The number of aromatic nitrogens is 5. The highest BCUT2D eigenvalue weighted by molar-refractivity contribution is 5.88. The molecule has 0 bridgehead atoms. The number of nitrogens with zero attached hydrogens (tertiary/aromatic N) is 7. The molecule has 9 heteroatoms. The van der Waals surface area contributed by atoms with Crippen LogP contribution in [0, 0.1) is 0 Å². The summed E-state index contributed by atoms with van der Waals surface area (Å²) in [4.78, 5) is 19.2. The molecule has 174 valence electrons. The van der Waals surface area contributed by atoms with Crippen LogP contribution in [0.2, 0.25) is 0 Å². The molecule has 2 fully saturated rings. The van der Waals surface area contributed by atoms with Crippen LogP contribution in [-0.4, -0.2) is 56.5 Å². The summed E-state index contributed by atoms with van der Waals surface area (Å²) in [5.74, 6) is 1.74. The van der Waals surface area contributed by atoms with Gasteiger partial charge in [0.05, 0.1) is 17.6 Å². The van der Waals surface area contributed by atoms with Crippen molar-refractivity contribution >= 4 is 28.5 Å². The van der Waals surface area contributed by atoms with Crippen molar-refractivity contribution in [1.29, 1.82) is 0 Å². The van der Waals surface area contributed by atoms with E-state index >= 15 is 0 Å². The van der Waals surface area contributed by atoms with E-state index in [0.717, 1.165) is 98.8 Å². The van der Waals surface area contributed by atoms with Gasteiger partial charge in [0, 0.05) is 38.0 Å². The predicted molar refractivity (Wildman–Crippen MR) is 128 cm³/mol. The van der Waals surface area contributed by atoms with Crippen LogP contribution in [0.4, 0.5) is 17.3 Å².